The molecule has 0 aromatic carbocycles. The number of anilines is 1. The van der Waals surface area contributed by atoms with Gasteiger partial charge >= 0.3 is 13.4 Å². The lowest BCUT2D eigenvalue weighted by atomic mass is 10.1. The molecule has 0 spiro atoms. The van der Waals surface area contributed by atoms with Crippen molar-refractivity contribution in [1.29, 1.82) is 0 Å². The molecule has 0 amide bonds. The predicted octanol–water partition coefficient (Wildman–Crippen LogP) is -2.11. The average molecular weight is 392 g/mol. The Morgan fingerprint density at radius 3 is 2.69 bits per heavy atom. The van der Waals surface area contributed by atoms with Gasteiger partial charge in [-0.2, -0.15) is 4.98 Å². The van der Waals surface area contributed by atoms with E-state index >= 15 is 0 Å². The Labute approximate surface area is 148 Å². The van der Waals surface area contributed by atoms with Gasteiger partial charge in [0.15, 0.2) is 6.23 Å². The van der Waals surface area contributed by atoms with Gasteiger partial charge in [-0.05, 0) is 6.07 Å². The maximum Gasteiger partial charge on any atom is 0.405 e. The third-order valence-electron chi connectivity index (χ3n) is 4.21. The highest BCUT2D eigenvalue weighted by molar-refractivity contribution is 7.50. The number of aliphatic hydroxyl groups excluding tert-OH is 2. The molecule has 2 fully saturated rings. The molecule has 12 nitrogen and oxygen atoms in total. The molecule has 0 bridgehead atoms. The monoisotopic (exact) mass is 392 g/mol. The minimum absolute atomic E-state index is 0.00546. The summed E-state index contributed by atoms with van der Waals surface area (Å²) in [5.41, 5.74) is 4.65. The molecule has 0 aliphatic carbocycles. The van der Waals surface area contributed by atoms with Crippen molar-refractivity contribution in [2.45, 2.75) is 24.5 Å². The number of rotatable bonds is 5. The Morgan fingerprint density at radius 2 is 2.04 bits per heavy atom. The maximum absolute atomic E-state index is 12.3. The molecule has 0 saturated carbocycles. The summed E-state index contributed by atoms with van der Waals surface area (Å²) < 4.78 is 30.1. The Bertz CT molecular complexity index is 739. The number of aromatic nitrogens is 2. The van der Waals surface area contributed by atoms with E-state index in [-0.39, 0.29) is 18.9 Å². The molecule has 0 radical (unpaired) electrons. The topological polar surface area (TPSA) is 170 Å². The first-order valence-electron chi connectivity index (χ1n) is 7.96. The number of hydrogen-bond acceptors (Lipinski definition) is 9. The van der Waals surface area contributed by atoms with Gasteiger partial charge in [0.2, 0.25) is 0 Å². The summed E-state index contributed by atoms with van der Waals surface area (Å²) in [6.07, 6.45) is -3.93. The number of morpholine rings is 1. The molecule has 1 aromatic heterocycles. The highest BCUT2D eigenvalue weighted by Crippen LogP contribution is 2.47. The summed E-state index contributed by atoms with van der Waals surface area (Å²) in [6, 6.07) is 1.34. The van der Waals surface area contributed by atoms with Crippen LogP contribution in [0.15, 0.2) is 17.1 Å². The number of nitrogens with zero attached hydrogens (tertiary/aromatic N) is 3. The van der Waals surface area contributed by atoms with Crippen molar-refractivity contribution in [2.24, 2.45) is 0 Å². The van der Waals surface area contributed by atoms with Crippen LogP contribution in [0.5, 0.6) is 0 Å². The van der Waals surface area contributed by atoms with Crippen LogP contribution in [0, 0.1) is 0 Å². The van der Waals surface area contributed by atoms with E-state index in [0.717, 1.165) is 4.57 Å². The van der Waals surface area contributed by atoms with E-state index in [2.05, 4.69) is 4.98 Å². The van der Waals surface area contributed by atoms with E-state index in [1.54, 1.807) is 0 Å². The van der Waals surface area contributed by atoms with E-state index in [9.17, 15) is 24.5 Å². The van der Waals surface area contributed by atoms with Crippen LogP contribution >= 0.6 is 7.75 Å². The lowest BCUT2D eigenvalue weighted by Gasteiger charge is -2.30. The predicted molar refractivity (Wildman–Crippen MR) is 87.0 cm³/mol. The number of ether oxygens (including phenoxy) is 2. The first-order chi connectivity index (χ1) is 12.3. The van der Waals surface area contributed by atoms with Crippen molar-refractivity contribution in [3.8, 4) is 0 Å². The number of hydrogen-bond donors (Lipinski definition) is 4. The molecule has 146 valence electrons. The van der Waals surface area contributed by atoms with Crippen molar-refractivity contribution in [3.05, 3.63) is 22.7 Å². The Morgan fingerprint density at radius 1 is 1.35 bits per heavy atom. The third-order valence-corrected chi connectivity index (χ3v) is 5.82. The van der Waals surface area contributed by atoms with Gasteiger partial charge in [0.05, 0.1) is 19.8 Å². The molecule has 2 aliphatic heterocycles. The van der Waals surface area contributed by atoms with Crippen LogP contribution in [-0.2, 0) is 18.6 Å². The Kier molecular flexibility index (Phi) is 5.75. The van der Waals surface area contributed by atoms with E-state index in [1.165, 1.54) is 16.9 Å². The second-order valence-electron chi connectivity index (χ2n) is 5.94. The van der Waals surface area contributed by atoms with Gasteiger partial charge < -0.3 is 30.3 Å². The van der Waals surface area contributed by atoms with Crippen LogP contribution < -0.4 is 11.4 Å². The van der Waals surface area contributed by atoms with Gasteiger partial charge in [0.25, 0.3) is 0 Å². The molecule has 5 atom stereocenters. The summed E-state index contributed by atoms with van der Waals surface area (Å²) >= 11 is 0. The lowest BCUT2D eigenvalue weighted by Crippen LogP contribution is -2.37. The van der Waals surface area contributed by atoms with Gasteiger partial charge in [0, 0.05) is 19.3 Å². The van der Waals surface area contributed by atoms with Gasteiger partial charge in [-0.3, -0.25) is 9.09 Å². The fourth-order valence-corrected chi connectivity index (χ4v) is 3.95. The number of nitrogen functional groups attached to an aromatic ring is 1. The van der Waals surface area contributed by atoms with Gasteiger partial charge in [-0.1, -0.05) is 0 Å². The number of aliphatic hydroxyl groups is 2. The zero-order valence-corrected chi connectivity index (χ0v) is 14.6. The van der Waals surface area contributed by atoms with Crippen LogP contribution in [0.25, 0.3) is 0 Å². The third kappa shape index (κ3) is 3.97. The average Bonchev–Trinajstić information content (AvgIpc) is 2.89. The van der Waals surface area contributed by atoms with Crippen LogP contribution in [0.3, 0.4) is 0 Å². The largest absolute Gasteiger partial charge is 0.405 e. The summed E-state index contributed by atoms with van der Waals surface area (Å²) in [7, 11) is -4.09. The first-order valence-corrected chi connectivity index (χ1v) is 9.49. The Balaban J connectivity index is 1.66. The molecule has 5 N–H and O–H groups in total. The molecule has 1 aromatic rings. The molecule has 26 heavy (non-hydrogen) atoms. The zero-order valence-electron chi connectivity index (χ0n) is 13.7. The van der Waals surface area contributed by atoms with E-state index < -0.39 is 44.6 Å². The maximum atomic E-state index is 12.3. The molecule has 2 aliphatic rings. The quantitative estimate of drug-likeness (QED) is 0.405. The fraction of sp³-hybridized carbons (Fsp3) is 0.692. The van der Waals surface area contributed by atoms with Gasteiger partial charge in [0.1, 0.15) is 24.1 Å². The molecule has 3 heterocycles. The highest BCUT2D eigenvalue weighted by Gasteiger charge is 2.45. The smallest absolute Gasteiger partial charge is 0.387 e. The van der Waals surface area contributed by atoms with Crippen molar-refractivity contribution in [3.63, 3.8) is 0 Å². The van der Waals surface area contributed by atoms with Crippen molar-refractivity contribution < 1.29 is 33.7 Å². The van der Waals surface area contributed by atoms with Crippen molar-refractivity contribution in [2.75, 3.05) is 38.6 Å². The molecule has 3 rings (SSSR count). The van der Waals surface area contributed by atoms with Gasteiger partial charge in [-0.15, -0.1) is 0 Å². The highest BCUT2D eigenvalue weighted by atomic mass is 31.2. The van der Waals surface area contributed by atoms with E-state index in [0.29, 0.717) is 13.2 Å². The molecular formula is C13H21N4O8P. The molecule has 13 heteroatoms. The van der Waals surface area contributed by atoms with Crippen LogP contribution in [-0.4, -0.2) is 80.6 Å². The van der Waals surface area contributed by atoms with Crippen molar-refractivity contribution in [1.82, 2.24) is 14.2 Å². The van der Waals surface area contributed by atoms with E-state index in [4.69, 9.17) is 19.7 Å². The minimum atomic E-state index is -4.09. The van der Waals surface area contributed by atoms with Crippen LogP contribution in [0.2, 0.25) is 0 Å². The molecule has 1 unspecified atom stereocenters. The molecular weight excluding hydrogens is 371 g/mol. The minimum Gasteiger partial charge on any atom is -0.387 e. The first kappa shape index (κ1) is 19.4. The Hall–Kier alpha value is -1.37. The zero-order chi connectivity index (χ0) is 18.9. The second-order valence-corrected chi connectivity index (χ2v) is 7.75. The van der Waals surface area contributed by atoms with Crippen LogP contribution in [0.1, 0.15) is 6.23 Å². The standard InChI is InChI=1S/C13H21N4O8P/c14-9-1-2-17(13(20)15-9)12-11(19)10(18)8(25-12)7-24-26(21,22)16-3-5-23-6-4-16/h1-2,8,10-12,18-19H,3-7H2,(H,21,22)(H2,14,15,20)/t8-,10-,11-,12-/m1/s1. The fourth-order valence-electron chi connectivity index (χ4n) is 2.77. The normalized spacial score (nSPS) is 32.4. The summed E-state index contributed by atoms with van der Waals surface area (Å²) in [5, 5.41) is 20.3. The van der Waals surface area contributed by atoms with E-state index in [1.807, 2.05) is 0 Å². The molecule has 2 saturated heterocycles. The summed E-state index contributed by atoms with van der Waals surface area (Å²) in [6.45, 7) is 0.644. The van der Waals surface area contributed by atoms with Gasteiger partial charge in [-0.25, -0.2) is 14.0 Å². The SMILES string of the molecule is Nc1ccn([C@@H]2O[C@H](COP(=O)(O)N3CCOCC3)[C@@H](O)[C@H]2O)c(=O)n1. The lowest BCUT2D eigenvalue weighted by molar-refractivity contribution is -0.0545. The van der Waals surface area contributed by atoms with Crippen LogP contribution in [0.4, 0.5) is 5.82 Å². The number of nitrogens with two attached hydrogens (primary N) is 1. The summed E-state index contributed by atoms with van der Waals surface area (Å²) in [5.74, 6) is 0.00546. The second kappa shape index (κ2) is 7.71. The van der Waals surface area contributed by atoms with Crippen molar-refractivity contribution >= 4 is 13.6 Å². The summed E-state index contributed by atoms with van der Waals surface area (Å²) in [4.78, 5) is 25.4.